The molecular formula is C20H27N3O3. The minimum Gasteiger partial charge on any atom is -0.339 e. The fraction of sp³-hybridized carbons (Fsp3) is 0.650. The number of rotatable bonds is 2. The Kier molecular flexibility index (Phi) is 4.37. The molecule has 1 spiro atoms. The molecule has 2 saturated heterocycles. The Labute approximate surface area is 153 Å². The highest BCUT2D eigenvalue weighted by Gasteiger charge is 2.50. The molecule has 0 bridgehead atoms. The second-order valence-corrected chi connectivity index (χ2v) is 8.16. The fourth-order valence-electron chi connectivity index (χ4n) is 4.99. The summed E-state index contributed by atoms with van der Waals surface area (Å²) in [5.74, 6) is 0.190. The molecule has 140 valence electrons. The number of amides is 2. The lowest BCUT2D eigenvalue weighted by atomic mass is 9.77. The summed E-state index contributed by atoms with van der Waals surface area (Å²) in [6, 6.07) is 3.42. The van der Waals surface area contributed by atoms with Gasteiger partial charge in [-0.1, -0.05) is 12.8 Å². The zero-order valence-electron chi connectivity index (χ0n) is 15.4. The molecular weight excluding hydrogens is 330 g/mol. The number of aromatic nitrogens is 1. The number of carbonyl (C=O) groups excluding carboxylic acids is 2. The monoisotopic (exact) mass is 357 g/mol. The lowest BCUT2D eigenvalue weighted by Crippen LogP contribution is -2.53. The highest BCUT2D eigenvalue weighted by atomic mass is 16.2. The van der Waals surface area contributed by atoms with E-state index in [2.05, 4.69) is 4.90 Å². The predicted octanol–water partition coefficient (Wildman–Crippen LogP) is 1.78. The van der Waals surface area contributed by atoms with E-state index < -0.39 is 5.41 Å². The van der Waals surface area contributed by atoms with Gasteiger partial charge in [0.25, 0.3) is 5.91 Å². The molecule has 1 atom stereocenters. The summed E-state index contributed by atoms with van der Waals surface area (Å²) in [5, 5.41) is 0. The van der Waals surface area contributed by atoms with Crippen LogP contribution in [-0.4, -0.2) is 51.9 Å². The van der Waals surface area contributed by atoms with Gasteiger partial charge in [-0.15, -0.1) is 0 Å². The smallest absolute Gasteiger partial charge is 0.255 e. The second kappa shape index (κ2) is 6.56. The van der Waals surface area contributed by atoms with Gasteiger partial charge in [0, 0.05) is 45.0 Å². The molecule has 3 aliphatic rings. The summed E-state index contributed by atoms with van der Waals surface area (Å²) < 4.78 is 1.42. The number of piperidine rings is 1. The van der Waals surface area contributed by atoms with Crippen LogP contribution in [0.4, 0.5) is 0 Å². The van der Waals surface area contributed by atoms with Gasteiger partial charge < -0.3 is 14.4 Å². The molecule has 0 radical (unpaired) electrons. The van der Waals surface area contributed by atoms with Crippen molar-refractivity contribution in [2.24, 2.45) is 12.5 Å². The summed E-state index contributed by atoms with van der Waals surface area (Å²) in [6.07, 6.45) is 8.95. The first-order valence-electron chi connectivity index (χ1n) is 9.77. The first-order valence-corrected chi connectivity index (χ1v) is 9.77. The summed E-state index contributed by atoms with van der Waals surface area (Å²) in [6.45, 7) is 2.00. The van der Waals surface area contributed by atoms with Crippen LogP contribution in [0.15, 0.2) is 23.1 Å². The average Bonchev–Trinajstić information content (AvgIpc) is 3.30. The van der Waals surface area contributed by atoms with E-state index in [1.165, 1.54) is 23.5 Å². The topological polar surface area (TPSA) is 62.6 Å². The van der Waals surface area contributed by atoms with Crippen LogP contribution in [0.3, 0.4) is 0 Å². The maximum absolute atomic E-state index is 13.3. The highest BCUT2D eigenvalue weighted by molar-refractivity contribution is 5.95. The largest absolute Gasteiger partial charge is 0.339 e. The van der Waals surface area contributed by atoms with E-state index in [4.69, 9.17) is 0 Å². The number of hydrogen-bond acceptors (Lipinski definition) is 3. The molecule has 2 amide bonds. The van der Waals surface area contributed by atoms with E-state index in [0.29, 0.717) is 24.7 Å². The quantitative estimate of drug-likeness (QED) is 0.811. The van der Waals surface area contributed by atoms with Crippen LogP contribution >= 0.6 is 0 Å². The molecule has 4 rings (SSSR count). The van der Waals surface area contributed by atoms with Crippen molar-refractivity contribution in [2.45, 2.75) is 51.0 Å². The number of pyridine rings is 1. The van der Waals surface area contributed by atoms with Crippen molar-refractivity contribution in [3.63, 3.8) is 0 Å². The molecule has 1 unspecified atom stereocenters. The average molecular weight is 357 g/mol. The fourth-order valence-corrected chi connectivity index (χ4v) is 4.99. The van der Waals surface area contributed by atoms with Crippen LogP contribution in [0, 0.1) is 5.41 Å². The summed E-state index contributed by atoms with van der Waals surface area (Å²) >= 11 is 0. The molecule has 1 aromatic heterocycles. The van der Waals surface area contributed by atoms with Crippen molar-refractivity contribution in [3.8, 4) is 0 Å². The van der Waals surface area contributed by atoms with Crippen LogP contribution in [0.5, 0.6) is 0 Å². The Hall–Kier alpha value is -2.11. The molecule has 0 N–H and O–H groups in total. The van der Waals surface area contributed by atoms with Crippen molar-refractivity contribution >= 4 is 11.8 Å². The lowest BCUT2D eigenvalue weighted by molar-refractivity contribution is -0.148. The van der Waals surface area contributed by atoms with E-state index in [9.17, 15) is 14.4 Å². The molecule has 6 nitrogen and oxygen atoms in total. The Morgan fingerprint density at radius 2 is 1.85 bits per heavy atom. The highest BCUT2D eigenvalue weighted by Crippen LogP contribution is 2.42. The molecule has 1 saturated carbocycles. The number of likely N-dealkylation sites (tertiary alicyclic amines) is 2. The van der Waals surface area contributed by atoms with Gasteiger partial charge in [0.1, 0.15) is 0 Å². The van der Waals surface area contributed by atoms with Gasteiger partial charge in [0.05, 0.1) is 11.0 Å². The summed E-state index contributed by atoms with van der Waals surface area (Å²) in [4.78, 5) is 41.6. The van der Waals surface area contributed by atoms with Gasteiger partial charge in [-0.25, -0.2) is 0 Å². The Morgan fingerprint density at radius 3 is 2.58 bits per heavy atom. The van der Waals surface area contributed by atoms with Gasteiger partial charge in [-0.3, -0.25) is 14.4 Å². The van der Waals surface area contributed by atoms with E-state index in [0.717, 1.165) is 38.6 Å². The third-order valence-electron chi connectivity index (χ3n) is 6.51. The maximum atomic E-state index is 13.3. The standard InChI is InChI=1S/C20H27N3O3/c1-21-13-15(7-8-17(21)24)18(25)22-12-10-20(14-22)9-4-11-23(19(20)26)16-5-2-3-6-16/h7-8,13,16H,2-6,9-12,14H2,1H3. The maximum Gasteiger partial charge on any atom is 0.255 e. The second-order valence-electron chi connectivity index (χ2n) is 8.16. The van der Waals surface area contributed by atoms with Crippen molar-refractivity contribution in [2.75, 3.05) is 19.6 Å². The Morgan fingerprint density at radius 1 is 1.08 bits per heavy atom. The molecule has 26 heavy (non-hydrogen) atoms. The van der Waals surface area contributed by atoms with E-state index in [1.54, 1.807) is 24.2 Å². The molecule has 1 aromatic rings. The van der Waals surface area contributed by atoms with Crippen molar-refractivity contribution in [3.05, 3.63) is 34.2 Å². The van der Waals surface area contributed by atoms with E-state index in [-0.39, 0.29) is 17.4 Å². The van der Waals surface area contributed by atoms with Crippen LogP contribution in [0.1, 0.15) is 55.3 Å². The van der Waals surface area contributed by atoms with E-state index in [1.807, 2.05) is 0 Å². The SMILES string of the molecule is Cn1cc(C(=O)N2CCC3(CCCN(C4CCCC4)C3=O)C2)ccc1=O. The Balaban J connectivity index is 1.51. The zero-order valence-corrected chi connectivity index (χ0v) is 15.4. The summed E-state index contributed by atoms with van der Waals surface area (Å²) in [7, 11) is 1.65. The molecule has 0 aromatic carbocycles. The van der Waals surface area contributed by atoms with Crippen LogP contribution in [-0.2, 0) is 11.8 Å². The molecule has 2 aliphatic heterocycles. The third kappa shape index (κ3) is 2.85. The van der Waals surface area contributed by atoms with Crippen molar-refractivity contribution < 1.29 is 9.59 Å². The van der Waals surface area contributed by atoms with Crippen molar-refractivity contribution in [1.82, 2.24) is 14.4 Å². The molecule has 1 aliphatic carbocycles. The van der Waals surface area contributed by atoms with Crippen LogP contribution < -0.4 is 5.56 Å². The molecule has 3 fully saturated rings. The first kappa shape index (κ1) is 17.3. The van der Waals surface area contributed by atoms with Crippen molar-refractivity contribution in [1.29, 1.82) is 0 Å². The number of carbonyl (C=O) groups is 2. The van der Waals surface area contributed by atoms with Gasteiger partial charge in [0.2, 0.25) is 11.5 Å². The van der Waals surface area contributed by atoms with Gasteiger partial charge >= 0.3 is 0 Å². The Bertz CT molecular complexity index is 781. The molecule has 6 heteroatoms. The lowest BCUT2D eigenvalue weighted by Gasteiger charge is -2.42. The third-order valence-corrected chi connectivity index (χ3v) is 6.51. The van der Waals surface area contributed by atoms with Gasteiger partial charge in [0.15, 0.2) is 0 Å². The van der Waals surface area contributed by atoms with Gasteiger partial charge in [-0.2, -0.15) is 0 Å². The van der Waals surface area contributed by atoms with E-state index >= 15 is 0 Å². The zero-order chi connectivity index (χ0) is 18.3. The number of aryl methyl sites for hydroxylation is 1. The first-order chi connectivity index (χ1) is 12.5. The summed E-state index contributed by atoms with van der Waals surface area (Å²) in [5.41, 5.74) is -0.00822. The molecule has 3 heterocycles. The minimum atomic E-state index is -0.392. The normalized spacial score (nSPS) is 26.9. The van der Waals surface area contributed by atoms with Crippen LogP contribution in [0.2, 0.25) is 0 Å². The number of hydrogen-bond donors (Lipinski definition) is 0. The van der Waals surface area contributed by atoms with Gasteiger partial charge in [-0.05, 0) is 38.2 Å². The number of nitrogens with zero attached hydrogens (tertiary/aromatic N) is 3. The minimum absolute atomic E-state index is 0.0803. The predicted molar refractivity (Wildman–Crippen MR) is 97.8 cm³/mol. The van der Waals surface area contributed by atoms with Crippen LogP contribution in [0.25, 0.3) is 0 Å².